The maximum absolute atomic E-state index is 14.8. The molecule has 0 aliphatic carbocycles. The van der Waals surface area contributed by atoms with Gasteiger partial charge in [-0.2, -0.15) is 0 Å². The number of ether oxygens (including phenoxy) is 7. The van der Waals surface area contributed by atoms with Crippen molar-refractivity contribution in [2.24, 2.45) is 40.2 Å². The monoisotopic (exact) mass is 1030 g/mol. The highest BCUT2D eigenvalue weighted by Crippen LogP contribution is 2.47. The Balaban J connectivity index is 1.52. The summed E-state index contributed by atoms with van der Waals surface area (Å²) in [6, 6.07) is 6.08. The van der Waals surface area contributed by atoms with Crippen LogP contribution in [0.5, 0.6) is 0 Å². The number of nitrogens with zero attached hydrogens (tertiary/aromatic N) is 6. The third-order valence-electron chi connectivity index (χ3n) is 15.9. The van der Waals surface area contributed by atoms with E-state index in [4.69, 9.17) is 33.2 Å². The Bertz CT molecular complexity index is 2060. The van der Waals surface area contributed by atoms with Crippen LogP contribution in [-0.2, 0) is 57.3 Å². The number of aryl methyl sites for hydroxylation is 2. The molecule has 0 spiro atoms. The van der Waals surface area contributed by atoms with E-state index in [1.54, 1.807) is 51.6 Å². The average molecular weight is 1030 g/mol. The van der Waals surface area contributed by atoms with Crippen molar-refractivity contribution in [3.8, 4) is 0 Å². The van der Waals surface area contributed by atoms with Crippen molar-refractivity contribution in [3.05, 3.63) is 51.8 Å². The number of likely N-dealkylation sites (N-methyl/N-ethyl adjacent to an activating group) is 1. The Labute approximate surface area is 432 Å². The Kier molecular flexibility index (Phi) is 22.1. The summed E-state index contributed by atoms with van der Waals surface area (Å²) < 4.78 is 47.5. The first-order valence-electron chi connectivity index (χ1n) is 26.5. The van der Waals surface area contributed by atoms with Gasteiger partial charge in [-0.25, -0.2) is 0 Å². The Morgan fingerprint density at radius 3 is 2.41 bits per heavy atom. The van der Waals surface area contributed by atoms with Crippen molar-refractivity contribution >= 4 is 17.4 Å². The number of methoxy groups -OCH3 is 1. The van der Waals surface area contributed by atoms with E-state index in [1.165, 1.54) is 12.1 Å². The molecule has 1 aromatic carbocycles. The van der Waals surface area contributed by atoms with Crippen LogP contribution < -0.4 is 0 Å². The van der Waals surface area contributed by atoms with Gasteiger partial charge < -0.3 is 58.6 Å². The summed E-state index contributed by atoms with van der Waals surface area (Å²) >= 11 is 0. The number of aromatic nitrogens is 3. The van der Waals surface area contributed by atoms with Crippen LogP contribution in [0, 0.1) is 45.1 Å². The summed E-state index contributed by atoms with van der Waals surface area (Å²) in [4.78, 5) is 27.5. The lowest BCUT2D eigenvalue weighted by Crippen LogP contribution is -2.59. The molecule has 3 fully saturated rings. The summed E-state index contributed by atoms with van der Waals surface area (Å²) in [7, 11) is 3.53. The summed E-state index contributed by atoms with van der Waals surface area (Å²) in [5.41, 5.74) is -0.294. The first-order valence-corrected chi connectivity index (χ1v) is 26.5. The van der Waals surface area contributed by atoms with E-state index >= 15 is 0 Å². The third-order valence-corrected chi connectivity index (χ3v) is 15.9. The van der Waals surface area contributed by atoms with E-state index in [0.717, 1.165) is 11.3 Å². The minimum absolute atomic E-state index is 0.00225. The highest BCUT2D eigenvalue weighted by molar-refractivity contribution is 5.88. The summed E-state index contributed by atoms with van der Waals surface area (Å²) in [6.07, 6.45) is -2.88. The topological polar surface area (TPSA) is 252 Å². The number of nitro benzene ring substituents is 1. The molecule has 2 unspecified atom stereocenters. The van der Waals surface area contributed by atoms with Crippen LogP contribution in [0.2, 0.25) is 0 Å². The highest BCUT2D eigenvalue weighted by Gasteiger charge is 2.53. The van der Waals surface area contributed by atoms with Gasteiger partial charge in [0.15, 0.2) is 12.6 Å². The summed E-state index contributed by atoms with van der Waals surface area (Å²) in [5, 5.41) is 70.1. The number of cyclic esters (lactones) is 1. The van der Waals surface area contributed by atoms with Gasteiger partial charge in [0, 0.05) is 75.9 Å². The second-order valence-corrected chi connectivity index (χ2v) is 22.1. The van der Waals surface area contributed by atoms with E-state index in [1.807, 2.05) is 47.9 Å². The number of esters is 1. The zero-order chi connectivity index (χ0) is 53.9. The molecular weight excluding hydrogens is 945 g/mol. The molecule has 2 aromatic rings. The largest absolute Gasteiger partial charge is 0.459 e. The molecule has 73 heavy (non-hydrogen) atoms. The number of benzene rings is 1. The van der Waals surface area contributed by atoms with Gasteiger partial charge in [0.1, 0.15) is 17.8 Å². The minimum atomic E-state index is -1.71. The molecule has 1 aromatic heterocycles. The molecule has 18 atom stereocenters. The zero-order valence-corrected chi connectivity index (χ0v) is 45.7. The van der Waals surface area contributed by atoms with E-state index in [0.29, 0.717) is 57.3 Å². The van der Waals surface area contributed by atoms with E-state index in [2.05, 4.69) is 34.2 Å². The van der Waals surface area contributed by atoms with Gasteiger partial charge in [-0.05, 0) is 103 Å². The predicted molar refractivity (Wildman–Crippen MR) is 272 cm³/mol. The molecule has 2 bridgehead atoms. The molecule has 3 aliphatic rings. The van der Waals surface area contributed by atoms with Gasteiger partial charge in [0.05, 0.1) is 65.5 Å². The van der Waals surface area contributed by atoms with Gasteiger partial charge >= 0.3 is 5.97 Å². The molecule has 0 radical (unpaired) electrons. The van der Waals surface area contributed by atoms with E-state index < -0.39 is 101 Å². The van der Waals surface area contributed by atoms with Gasteiger partial charge in [-0.3, -0.25) is 19.6 Å². The molecule has 20 nitrogen and oxygen atoms in total. The molecule has 5 rings (SSSR count). The fourth-order valence-corrected chi connectivity index (χ4v) is 11.4. The van der Waals surface area contributed by atoms with Gasteiger partial charge in [0.2, 0.25) is 0 Å². The first kappa shape index (κ1) is 60.2. The number of aliphatic hydroxyl groups is 3. The lowest BCUT2D eigenvalue weighted by atomic mass is 9.65. The van der Waals surface area contributed by atoms with Crippen molar-refractivity contribution < 1.29 is 63.4 Å². The van der Waals surface area contributed by atoms with Crippen LogP contribution in [0.3, 0.4) is 0 Å². The van der Waals surface area contributed by atoms with Crippen LogP contribution in [-0.4, -0.2) is 164 Å². The zero-order valence-electron chi connectivity index (χ0n) is 45.7. The molecule has 4 heterocycles. The molecule has 20 heteroatoms. The predicted octanol–water partition coefficient (Wildman–Crippen LogP) is 6.36. The number of hydrogen-bond donors (Lipinski definition) is 4. The fraction of sp³-hybridized carbons (Fsp3) is 0.811. The molecular formula is C53H88N6O14. The number of carbonyl (C=O) groups is 1. The number of oxime groups is 1. The molecule has 0 saturated carbocycles. The lowest BCUT2D eigenvalue weighted by Gasteiger charge is -2.50. The Morgan fingerprint density at radius 2 is 1.78 bits per heavy atom. The summed E-state index contributed by atoms with van der Waals surface area (Å²) in [6.45, 7) is 22.2. The Hall–Kier alpha value is -3.70. The van der Waals surface area contributed by atoms with Crippen molar-refractivity contribution in [2.45, 2.75) is 207 Å². The maximum Gasteiger partial charge on any atom is 0.311 e. The number of non-ortho nitro benzene ring substituents is 1. The van der Waals surface area contributed by atoms with Crippen LogP contribution in [0.4, 0.5) is 5.69 Å². The van der Waals surface area contributed by atoms with E-state index in [9.17, 15) is 35.4 Å². The molecule has 414 valence electrons. The smallest absolute Gasteiger partial charge is 0.311 e. The molecule has 0 amide bonds. The van der Waals surface area contributed by atoms with E-state index in [-0.39, 0.29) is 49.7 Å². The lowest BCUT2D eigenvalue weighted by molar-refractivity contribution is -0.384. The molecule has 3 saturated heterocycles. The quantitative estimate of drug-likeness (QED) is 0.0393. The number of hydrogen-bond acceptors (Lipinski definition) is 18. The number of aliphatic hydroxyl groups excluding tert-OH is 2. The standard InChI is InChI=1S/C53H88N6O14/c1-14-43-53(11,63)49-34(5)45(55-64)32(3)28-52(10,23-19-31(2)30-68-49)48(35(6)47(36(7)50(62)71-43)72-44(22-26-67-13)70-38(9)37(8)60)73-51-46(61)42(27-33(4)69-51)57(12)24-21-40-29-58(56-54-40)25-20-39-15-17-41(18-16-39)59(65)66/h15-18,29,31-38,42-44,46-49,51,60-61,63-64H,14,19-28,30H2,1-13H3/b55-45+/t31-,32-,33+,34+,35+,36+,37+,38-,42-,43+,44-,46?,47-,48+,49?,51-,52+,53+/m0/s1. The van der Waals surface area contributed by atoms with Crippen molar-refractivity contribution in [3.63, 3.8) is 0 Å². The maximum atomic E-state index is 14.8. The SMILES string of the molecule is CC[C@H]1OC(=O)[C@H](C)[C@@H](O[C@@H](CCOC)O[C@@H](C)[C@@H](C)O)[C@@H](C)[C@@H](O[C@@H]2O[C@H](C)C[C@H](N(C)CCc3cn(CCc4ccc([N+](=O)[O-])cc4)nn3)C2O)[C@]2(C)CC[C@H](C)COC([C@H](C)/C(=N/O)[C@@H](C)C2)[C@]1(C)O. The number of carbonyl (C=O) groups excluding carboxylic acids is 1. The van der Waals surface area contributed by atoms with Gasteiger partial charge in [-0.15, -0.1) is 5.10 Å². The number of fused-ring (bicyclic) bond motifs is 5. The molecule has 3 aliphatic heterocycles. The molecule has 4 N–H and O–H groups in total. The van der Waals surface area contributed by atoms with Crippen molar-refractivity contribution in [1.29, 1.82) is 0 Å². The van der Waals surface area contributed by atoms with Crippen LogP contribution in [0.25, 0.3) is 0 Å². The van der Waals surface area contributed by atoms with Crippen LogP contribution in [0.1, 0.15) is 126 Å². The second kappa shape index (κ2) is 26.9. The average Bonchev–Trinajstić information content (AvgIpc) is 3.80. The fourth-order valence-electron chi connectivity index (χ4n) is 11.4. The van der Waals surface area contributed by atoms with Crippen LogP contribution >= 0.6 is 0 Å². The number of nitro groups is 1. The van der Waals surface area contributed by atoms with Crippen molar-refractivity contribution in [1.82, 2.24) is 19.9 Å². The van der Waals surface area contributed by atoms with Crippen LogP contribution in [0.15, 0.2) is 35.6 Å². The van der Waals surface area contributed by atoms with Crippen molar-refractivity contribution in [2.75, 3.05) is 33.9 Å². The Morgan fingerprint density at radius 1 is 1.08 bits per heavy atom. The second-order valence-electron chi connectivity index (χ2n) is 22.1. The number of rotatable bonds is 19. The summed E-state index contributed by atoms with van der Waals surface area (Å²) in [5.74, 6) is -3.20. The first-order chi connectivity index (χ1) is 34.4. The third kappa shape index (κ3) is 15.5. The normalized spacial score (nSPS) is 35.9. The van der Waals surface area contributed by atoms with Gasteiger partial charge in [-0.1, -0.05) is 64.0 Å². The minimum Gasteiger partial charge on any atom is -0.459 e. The van der Waals surface area contributed by atoms with Gasteiger partial charge in [0.25, 0.3) is 5.69 Å². The highest BCUT2D eigenvalue weighted by atomic mass is 16.7.